The van der Waals surface area contributed by atoms with Crippen molar-refractivity contribution in [1.29, 1.82) is 0 Å². The van der Waals surface area contributed by atoms with Gasteiger partial charge in [0.1, 0.15) is 0 Å². The Kier molecular flexibility index (Phi) is 7.56. The molecule has 2 aromatic carbocycles. The molecule has 0 spiro atoms. The van der Waals surface area contributed by atoms with Gasteiger partial charge in [0.05, 0.1) is 16.3 Å². The summed E-state index contributed by atoms with van der Waals surface area (Å²) in [6.07, 6.45) is 6.34. The highest BCUT2D eigenvalue weighted by molar-refractivity contribution is 5.51. The number of hydrogen-bond acceptors (Lipinski definition) is 5. The molecular weight excluding hydrogens is 316 g/mol. The molecule has 0 aliphatic rings. The summed E-state index contributed by atoms with van der Waals surface area (Å²) in [6, 6.07) is 13.8. The van der Waals surface area contributed by atoms with E-state index in [2.05, 4.69) is 22.5 Å². The van der Waals surface area contributed by atoms with Gasteiger partial charge in [0.25, 0.3) is 5.69 Å². The van der Waals surface area contributed by atoms with E-state index in [-0.39, 0.29) is 5.69 Å². The minimum absolute atomic E-state index is 0.0454. The number of unbranched alkanes of at least 4 members (excludes halogenated alkanes) is 4. The van der Waals surface area contributed by atoms with E-state index in [1.165, 1.54) is 44.2 Å². The second-order valence-electron chi connectivity index (χ2n) is 5.86. The fourth-order valence-electron chi connectivity index (χ4n) is 2.36. The van der Waals surface area contributed by atoms with Crippen molar-refractivity contribution >= 4 is 22.7 Å². The lowest BCUT2D eigenvalue weighted by molar-refractivity contribution is -0.384. The Hall–Kier alpha value is -2.76. The third-order valence-corrected chi connectivity index (χ3v) is 3.82. The first-order valence-electron chi connectivity index (χ1n) is 8.69. The zero-order valence-electron chi connectivity index (χ0n) is 14.5. The number of rotatable bonds is 10. The molecule has 25 heavy (non-hydrogen) atoms. The summed E-state index contributed by atoms with van der Waals surface area (Å²) in [5.74, 6) is 0. The standard InChI is InChI=1S/C19H24N4O2/c1-2-3-4-5-6-15-20-16-7-9-17(10-8-16)21-22-18-11-13-19(14-12-18)23(24)25/h7-14,20H,2-6,15H2,1H3. The third-order valence-electron chi connectivity index (χ3n) is 3.82. The SMILES string of the molecule is CCCCCCCNc1ccc(N=Nc2ccc([N+](=O)[O-])cc2)cc1. The van der Waals surface area contributed by atoms with Crippen molar-refractivity contribution in [2.75, 3.05) is 11.9 Å². The van der Waals surface area contributed by atoms with Crippen molar-refractivity contribution < 1.29 is 4.92 Å². The molecule has 0 radical (unpaired) electrons. The first kappa shape index (κ1) is 18.6. The Labute approximate surface area is 148 Å². The summed E-state index contributed by atoms with van der Waals surface area (Å²) in [5, 5.41) is 22.3. The summed E-state index contributed by atoms with van der Waals surface area (Å²) in [6.45, 7) is 3.20. The molecule has 2 rings (SSSR count). The van der Waals surface area contributed by atoms with Crippen LogP contribution in [0.1, 0.15) is 39.0 Å². The first-order chi connectivity index (χ1) is 12.2. The smallest absolute Gasteiger partial charge is 0.269 e. The summed E-state index contributed by atoms with van der Waals surface area (Å²) < 4.78 is 0. The van der Waals surface area contributed by atoms with Gasteiger partial charge in [0.2, 0.25) is 0 Å². The van der Waals surface area contributed by atoms with E-state index in [0.717, 1.165) is 17.9 Å². The van der Waals surface area contributed by atoms with Gasteiger partial charge < -0.3 is 5.32 Å². The Bertz CT molecular complexity index is 682. The number of hydrogen-bond donors (Lipinski definition) is 1. The molecular formula is C19H24N4O2. The lowest BCUT2D eigenvalue weighted by Gasteiger charge is -2.06. The molecule has 0 aliphatic heterocycles. The molecule has 2 aromatic rings. The highest BCUT2D eigenvalue weighted by atomic mass is 16.6. The van der Waals surface area contributed by atoms with Crippen molar-refractivity contribution in [2.45, 2.75) is 39.0 Å². The molecule has 132 valence electrons. The Morgan fingerprint density at radius 1 is 0.880 bits per heavy atom. The maximum atomic E-state index is 10.6. The molecule has 0 heterocycles. The van der Waals surface area contributed by atoms with E-state index in [1.54, 1.807) is 12.1 Å². The number of nitrogens with one attached hydrogen (secondary N) is 1. The number of azo groups is 1. The van der Waals surface area contributed by atoms with Gasteiger partial charge in [-0.2, -0.15) is 10.2 Å². The van der Waals surface area contributed by atoms with Crippen LogP contribution in [0, 0.1) is 10.1 Å². The molecule has 0 bridgehead atoms. The van der Waals surface area contributed by atoms with E-state index < -0.39 is 4.92 Å². The zero-order valence-corrected chi connectivity index (χ0v) is 14.5. The first-order valence-corrected chi connectivity index (χ1v) is 8.69. The summed E-state index contributed by atoms with van der Waals surface area (Å²) in [5.41, 5.74) is 2.44. The lowest BCUT2D eigenvalue weighted by Crippen LogP contribution is -2.00. The number of benzene rings is 2. The van der Waals surface area contributed by atoms with Crippen LogP contribution in [0.2, 0.25) is 0 Å². The van der Waals surface area contributed by atoms with Gasteiger partial charge in [-0.1, -0.05) is 32.6 Å². The molecule has 1 N–H and O–H groups in total. The lowest BCUT2D eigenvalue weighted by atomic mass is 10.1. The average molecular weight is 340 g/mol. The fourth-order valence-corrected chi connectivity index (χ4v) is 2.36. The summed E-state index contributed by atoms with van der Waals surface area (Å²) >= 11 is 0. The monoisotopic (exact) mass is 340 g/mol. The van der Waals surface area contributed by atoms with Crippen molar-refractivity contribution in [3.05, 3.63) is 58.6 Å². The number of nitrogens with zero attached hydrogens (tertiary/aromatic N) is 3. The van der Waals surface area contributed by atoms with E-state index >= 15 is 0 Å². The van der Waals surface area contributed by atoms with Gasteiger partial charge >= 0.3 is 0 Å². The molecule has 0 fully saturated rings. The molecule has 0 saturated heterocycles. The second-order valence-corrected chi connectivity index (χ2v) is 5.86. The molecule has 6 heteroatoms. The minimum atomic E-state index is -0.434. The maximum absolute atomic E-state index is 10.6. The van der Waals surface area contributed by atoms with Gasteiger partial charge in [-0.05, 0) is 42.8 Å². The number of non-ortho nitro benzene ring substituents is 1. The van der Waals surface area contributed by atoms with Crippen LogP contribution in [-0.4, -0.2) is 11.5 Å². The number of anilines is 1. The normalized spacial score (nSPS) is 10.9. The van der Waals surface area contributed by atoms with Crippen LogP contribution in [-0.2, 0) is 0 Å². The van der Waals surface area contributed by atoms with Crippen LogP contribution in [0.5, 0.6) is 0 Å². The van der Waals surface area contributed by atoms with E-state index in [1.807, 2.05) is 24.3 Å². The van der Waals surface area contributed by atoms with Gasteiger partial charge in [-0.3, -0.25) is 10.1 Å². The quantitative estimate of drug-likeness (QED) is 0.235. The highest BCUT2D eigenvalue weighted by Crippen LogP contribution is 2.22. The number of nitro benzene ring substituents is 1. The van der Waals surface area contributed by atoms with E-state index in [4.69, 9.17) is 0 Å². The molecule has 0 aliphatic carbocycles. The van der Waals surface area contributed by atoms with Gasteiger partial charge in [0, 0.05) is 24.4 Å². The second kappa shape index (κ2) is 10.2. The Morgan fingerprint density at radius 2 is 1.44 bits per heavy atom. The van der Waals surface area contributed by atoms with Gasteiger partial charge in [-0.15, -0.1) is 0 Å². The van der Waals surface area contributed by atoms with Crippen LogP contribution < -0.4 is 5.32 Å². The minimum Gasteiger partial charge on any atom is -0.385 e. The maximum Gasteiger partial charge on any atom is 0.269 e. The van der Waals surface area contributed by atoms with Crippen LogP contribution in [0.25, 0.3) is 0 Å². The average Bonchev–Trinajstić information content (AvgIpc) is 2.64. The van der Waals surface area contributed by atoms with Crippen molar-refractivity contribution in [3.8, 4) is 0 Å². The molecule has 6 nitrogen and oxygen atoms in total. The summed E-state index contributed by atoms with van der Waals surface area (Å²) in [4.78, 5) is 10.2. The number of nitro groups is 1. The molecule has 0 atom stereocenters. The largest absolute Gasteiger partial charge is 0.385 e. The van der Waals surface area contributed by atoms with E-state index in [9.17, 15) is 10.1 Å². The Balaban J connectivity index is 1.80. The zero-order chi connectivity index (χ0) is 17.9. The van der Waals surface area contributed by atoms with Gasteiger partial charge in [-0.25, -0.2) is 0 Å². The van der Waals surface area contributed by atoms with Gasteiger partial charge in [0.15, 0.2) is 0 Å². The van der Waals surface area contributed by atoms with Crippen LogP contribution in [0.15, 0.2) is 58.8 Å². The topological polar surface area (TPSA) is 79.9 Å². The highest BCUT2D eigenvalue weighted by Gasteiger charge is 2.03. The predicted octanol–water partition coefficient (Wildman–Crippen LogP) is 6.39. The van der Waals surface area contributed by atoms with E-state index in [0.29, 0.717) is 5.69 Å². The predicted molar refractivity (Wildman–Crippen MR) is 101 cm³/mol. The van der Waals surface area contributed by atoms with Crippen molar-refractivity contribution in [3.63, 3.8) is 0 Å². The molecule has 0 aromatic heterocycles. The summed E-state index contributed by atoms with van der Waals surface area (Å²) in [7, 11) is 0. The third kappa shape index (κ3) is 6.71. The van der Waals surface area contributed by atoms with Crippen molar-refractivity contribution in [1.82, 2.24) is 0 Å². The molecule has 0 saturated carbocycles. The van der Waals surface area contributed by atoms with Crippen LogP contribution in [0.3, 0.4) is 0 Å². The van der Waals surface area contributed by atoms with Crippen molar-refractivity contribution in [2.24, 2.45) is 10.2 Å². The van der Waals surface area contributed by atoms with Crippen LogP contribution in [0.4, 0.5) is 22.7 Å². The molecule has 0 unspecified atom stereocenters. The fraction of sp³-hybridized carbons (Fsp3) is 0.368. The van der Waals surface area contributed by atoms with Crippen LogP contribution >= 0.6 is 0 Å². The molecule has 0 amide bonds. The Morgan fingerprint density at radius 3 is 2.00 bits per heavy atom.